The smallest absolute Gasteiger partial charge is 0.331 e. The van der Waals surface area contributed by atoms with Crippen molar-refractivity contribution in [2.24, 2.45) is 0 Å². The van der Waals surface area contributed by atoms with Gasteiger partial charge in [0.1, 0.15) is 0 Å². The summed E-state index contributed by atoms with van der Waals surface area (Å²) in [5.74, 6) is 0.323. The van der Waals surface area contributed by atoms with E-state index in [1.807, 2.05) is 34.3 Å². The maximum atomic E-state index is 11.6. The zero-order chi connectivity index (χ0) is 14.5. The van der Waals surface area contributed by atoms with E-state index in [9.17, 15) is 4.79 Å². The number of ether oxygens (including phenoxy) is 1. The molecule has 21 heavy (non-hydrogen) atoms. The average Bonchev–Trinajstić information content (AvgIpc) is 3.24. The third-order valence-electron chi connectivity index (χ3n) is 2.51. The topological polar surface area (TPSA) is 65.2 Å². The molecule has 7 heteroatoms. The molecule has 106 valence electrons. The first-order valence-corrected chi connectivity index (χ1v) is 7.87. The minimum atomic E-state index is -0.446. The van der Waals surface area contributed by atoms with Crippen molar-refractivity contribution in [2.45, 2.75) is 6.61 Å². The summed E-state index contributed by atoms with van der Waals surface area (Å²) in [6, 6.07) is 5.73. The predicted molar refractivity (Wildman–Crippen MR) is 80.8 cm³/mol. The van der Waals surface area contributed by atoms with E-state index in [1.54, 1.807) is 28.7 Å². The maximum absolute atomic E-state index is 11.6. The molecular weight excluding hydrogens is 308 g/mol. The van der Waals surface area contributed by atoms with Crippen molar-refractivity contribution in [3.05, 3.63) is 51.2 Å². The van der Waals surface area contributed by atoms with Crippen LogP contribution in [0.2, 0.25) is 0 Å². The fourth-order valence-corrected chi connectivity index (χ4v) is 2.79. The second-order valence-electron chi connectivity index (χ2n) is 3.98. The summed E-state index contributed by atoms with van der Waals surface area (Å²) >= 11 is 3.10. The quantitative estimate of drug-likeness (QED) is 0.531. The first-order valence-electron chi connectivity index (χ1n) is 6.05. The molecule has 0 aromatic carbocycles. The number of hydrogen-bond acceptors (Lipinski definition) is 7. The summed E-state index contributed by atoms with van der Waals surface area (Å²) in [4.78, 5) is 16.7. The van der Waals surface area contributed by atoms with Crippen LogP contribution >= 0.6 is 22.7 Å². The Balaban J connectivity index is 1.54. The highest BCUT2D eigenvalue weighted by molar-refractivity contribution is 7.10. The molecule has 0 aliphatic heterocycles. The lowest BCUT2D eigenvalue weighted by molar-refractivity contribution is -0.139. The molecule has 0 N–H and O–H groups in total. The fourth-order valence-electron chi connectivity index (χ4n) is 1.54. The third-order valence-corrected chi connectivity index (χ3v) is 4.03. The van der Waals surface area contributed by atoms with E-state index in [2.05, 4.69) is 10.1 Å². The van der Waals surface area contributed by atoms with Gasteiger partial charge in [0.05, 0.1) is 0 Å². The van der Waals surface area contributed by atoms with Crippen molar-refractivity contribution in [2.75, 3.05) is 0 Å². The van der Waals surface area contributed by atoms with E-state index in [1.165, 1.54) is 6.08 Å². The number of carbonyl (C=O) groups is 1. The van der Waals surface area contributed by atoms with Gasteiger partial charge in [0.2, 0.25) is 5.82 Å². The van der Waals surface area contributed by atoms with Crippen molar-refractivity contribution < 1.29 is 14.1 Å². The molecular formula is C14H10N2O3S2. The van der Waals surface area contributed by atoms with Crippen LogP contribution in [0.5, 0.6) is 0 Å². The van der Waals surface area contributed by atoms with Crippen LogP contribution in [0.4, 0.5) is 0 Å². The van der Waals surface area contributed by atoms with Crippen LogP contribution in [0.25, 0.3) is 17.5 Å². The summed E-state index contributed by atoms with van der Waals surface area (Å²) in [5.41, 5.74) is 0.888. The SMILES string of the molecule is O=C(/C=C/c1cccs1)OCc1nc(-c2ccsc2)no1. The molecule has 0 amide bonds. The van der Waals surface area contributed by atoms with Crippen molar-refractivity contribution in [3.63, 3.8) is 0 Å². The van der Waals surface area contributed by atoms with Gasteiger partial charge < -0.3 is 9.26 Å². The third kappa shape index (κ3) is 3.65. The molecule has 5 nitrogen and oxygen atoms in total. The van der Waals surface area contributed by atoms with Gasteiger partial charge >= 0.3 is 5.97 Å². The van der Waals surface area contributed by atoms with Gasteiger partial charge in [-0.05, 0) is 29.0 Å². The van der Waals surface area contributed by atoms with Gasteiger partial charge in [-0.1, -0.05) is 11.2 Å². The molecule has 0 saturated heterocycles. The Kier molecular flexibility index (Phi) is 4.23. The number of hydrogen-bond donors (Lipinski definition) is 0. The molecule has 0 fully saturated rings. The molecule has 0 aliphatic carbocycles. The average molecular weight is 318 g/mol. The lowest BCUT2D eigenvalue weighted by Gasteiger charge is -1.95. The van der Waals surface area contributed by atoms with E-state index < -0.39 is 5.97 Å². The highest BCUT2D eigenvalue weighted by atomic mass is 32.1. The molecule has 0 spiro atoms. The number of rotatable bonds is 5. The first-order chi connectivity index (χ1) is 10.3. The van der Waals surface area contributed by atoms with Crippen LogP contribution < -0.4 is 0 Å². The second kappa shape index (κ2) is 6.47. The van der Waals surface area contributed by atoms with Gasteiger partial charge in [-0.3, -0.25) is 0 Å². The van der Waals surface area contributed by atoms with Crippen molar-refractivity contribution in [1.29, 1.82) is 0 Å². The van der Waals surface area contributed by atoms with Gasteiger partial charge in [0.25, 0.3) is 5.89 Å². The summed E-state index contributed by atoms with van der Waals surface area (Å²) < 4.78 is 10.1. The highest BCUT2D eigenvalue weighted by Crippen LogP contribution is 2.18. The van der Waals surface area contributed by atoms with Crippen molar-refractivity contribution >= 4 is 34.7 Å². The Morgan fingerprint density at radius 1 is 1.38 bits per heavy atom. The maximum Gasteiger partial charge on any atom is 0.331 e. The Morgan fingerprint density at radius 3 is 3.10 bits per heavy atom. The number of esters is 1. The van der Waals surface area contributed by atoms with Crippen LogP contribution in [-0.4, -0.2) is 16.1 Å². The van der Waals surface area contributed by atoms with E-state index in [-0.39, 0.29) is 12.5 Å². The number of thiophene rings is 2. The molecule has 3 rings (SSSR count). The zero-order valence-electron chi connectivity index (χ0n) is 10.8. The molecule has 0 aliphatic rings. The number of carbonyl (C=O) groups excluding carboxylic acids is 1. The summed E-state index contributed by atoms with van der Waals surface area (Å²) in [7, 11) is 0. The lowest BCUT2D eigenvalue weighted by Crippen LogP contribution is -2.00. The second-order valence-corrected chi connectivity index (χ2v) is 5.74. The minimum absolute atomic E-state index is 0.0370. The van der Waals surface area contributed by atoms with Crippen LogP contribution in [0.1, 0.15) is 10.8 Å². The summed E-state index contributed by atoms with van der Waals surface area (Å²) in [5, 5.41) is 9.63. The van der Waals surface area contributed by atoms with E-state index in [0.29, 0.717) is 5.82 Å². The molecule has 3 heterocycles. The monoisotopic (exact) mass is 318 g/mol. The summed E-state index contributed by atoms with van der Waals surface area (Å²) in [6.07, 6.45) is 3.08. The molecule has 0 radical (unpaired) electrons. The Morgan fingerprint density at radius 2 is 2.33 bits per heavy atom. The highest BCUT2D eigenvalue weighted by Gasteiger charge is 2.10. The molecule has 0 saturated carbocycles. The van der Waals surface area contributed by atoms with E-state index in [0.717, 1.165) is 10.4 Å². The van der Waals surface area contributed by atoms with Crippen molar-refractivity contribution in [3.8, 4) is 11.4 Å². The van der Waals surface area contributed by atoms with Crippen LogP contribution in [-0.2, 0) is 16.1 Å². The molecule has 0 atom stereocenters. The molecule has 3 aromatic heterocycles. The summed E-state index contributed by atoms with van der Waals surface area (Å²) in [6.45, 7) is -0.0370. The van der Waals surface area contributed by atoms with Gasteiger partial charge in [0.15, 0.2) is 6.61 Å². The standard InChI is InChI=1S/C14H10N2O3S2/c17-13(4-3-11-2-1-6-21-11)18-8-12-15-14(16-19-12)10-5-7-20-9-10/h1-7,9H,8H2/b4-3+. The van der Waals surface area contributed by atoms with Gasteiger partial charge in [-0.2, -0.15) is 16.3 Å². The van der Waals surface area contributed by atoms with E-state index >= 15 is 0 Å². The Bertz CT molecular complexity index is 730. The van der Waals surface area contributed by atoms with Gasteiger partial charge in [0, 0.05) is 21.9 Å². The fraction of sp³-hybridized carbons (Fsp3) is 0.0714. The predicted octanol–water partition coefficient (Wildman–Crippen LogP) is 3.62. The molecule has 0 bridgehead atoms. The number of aromatic nitrogens is 2. The first kappa shape index (κ1) is 13.7. The normalized spacial score (nSPS) is 11.0. The van der Waals surface area contributed by atoms with Crippen LogP contribution in [0, 0.1) is 0 Å². The Hall–Kier alpha value is -2.25. The largest absolute Gasteiger partial charge is 0.452 e. The minimum Gasteiger partial charge on any atom is -0.452 e. The molecule has 3 aromatic rings. The van der Waals surface area contributed by atoms with Crippen LogP contribution in [0.3, 0.4) is 0 Å². The van der Waals surface area contributed by atoms with Gasteiger partial charge in [-0.25, -0.2) is 4.79 Å². The zero-order valence-corrected chi connectivity index (χ0v) is 12.4. The lowest BCUT2D eigenvalue weighted by atomic mass is 10.3. The van der Waals surface area contributed by atoms with Gasteiger partial charge in [-0.15, -0.1) is 11.3 Å². The van der Waals surface area contributed by atoms with Crippen LogP contribution in [0.15, 0.2) is 44.9 Å². The van der Waals surface area contributed by atoms with Crippen molar-refractivity contribution in [1.82, 2.24) is 10.1 Å². The van der Waals surface area contributed by atoms with E-state index in [4.69, 9.17) is 9.26 Å². The molecule has 0 unspecified atom stereocenters. The Labute approximate surface area is 128 Å². The number of nitrogens with zero attached hydrogens (tertiary/aromatic N) is 2.